The van der Waals surface area contributed by atoms with Crippen molar-refractivity contribution in [1.82, 2.24) is 4.90 Å². The normalized spacial score (nSPS) is 29.6. The number of sulfone groups is 1. The second-order valence-electron chi connectivity index (χ2n) is 5.38. The van der Waals surface area contributed by atoms with Crippen molar-refractivity contribution in [2.24, 2.45) is 0 Å². The third-order valence-corrected chi connectivity index (χ3v) is 7.37. The summed E-state index contributed by atoms with van der Waals surface area (Å²) in [5.74, 6) is 1.80. The first-order valence-corrected chi connectivity index (χ1v) is 9.60. The van der Waals surface area contributed by atoms with E-state index in [1.54, 1.807) is 18.7 Å². The molecule has 0 aromatic carbocycles. The quantitative estimate of drug-likeness (QED) is 0.841. The SMILES string of the molecule is CCS(=O)(=O)C1CSCCN1CC1(O)CCCC1. The minimum Gasteiger partial charge on any atom is -0.389 e. The Morgan fingerprint density at radius 2 is 2.06 bits per heavy atom. The molecule has 0 amide bonds. The molecule has 0 bridgehead atoms. The summed E-state index contributed by atoms with van der Waals surface area (Å²) >= 11 is 1.70. The van der Waals surface area contributed by atoms with Crippen molar-refractivity contribution in [2.45, 2.75) is 43.6 Å². The Hall–Kier alpha value is 0.220. The molecule has 1 aliphatic heterocycles. The van der Waals surface area contributed by atoms with E-state index in [0.717, 1.165) is 38.0 Å². The molecule has 1 unspecified atom stereocenters. The van der Waals surface area contributed by atoms with Crippen molar-refractivity contribution in [1.29, 1.82) is 0 Å². The molecule has 1 saturated heterocycles. The van der Waals surface area contributed by atoms with Gasteiger partial charge in [0.1, 0.15) is 5.37 Å². The van der Waals surface area contributed by atoms with E-state index in [1.165, 1.54) is 0 Å². The van der Waals surface area contributed by atoms with Crippen LogP contribution in [0.1, 0.15) is 32.6 Å². The fourth-order valence-electron chi connectivity index (χ4n) is 2.89. The predicted octanol–water partition coefficient (Wildman–Crippen LogP) is 1.10. The van der Waals surface area contributed by atoms with Gasteiger partial charge in [0, 0.05) is 30.3 Å². The molecule has 18 heavy (non-hydrogen) atoms. The van der Waals surface area contributed by atoms with Crippen LogP contribution in [0.2, 0.25) is 0 Å². The van der Waals surface area contributed by atoms with Crippen molar-refractivity contribution in [2.75, 3.05) is 30.3 Å². The number of hydrogen-bond acceptors (Lipinski definition) is 5. The number of rotatable bonds is 4. The van der Waals surface area contributed by atoms with Gasteiger partial charge in [-0.15, -0.1) is 0 Å². The van der Waals surface area contributed by atoms with Gasteiger partial charge in [-0.25, -0.2) is 8.42 Å². The predicted molar refractivity (Wildman–Crippen MR) is 75.6 cm³/mol. The van der Waals surface area contributed by atoms with E-state index >= 15 is 0 Å². The van der Waals surface area contributed by atoms with Crippen LogP contribution in [0.4, 0.5) is 0 Å². The average Bonchev–Trinajstić information content (AvgIpc) is 2.76. The topological polar surface area (TPSA) is 57.6 Å². The molecule has 2 aliphatic rings. The highest BCUT2D eigenvalue weighted by molar-refractivity contribution is 8.01. The first-order valence-electron chi connectivity index (χ1n) is 6.73. The zero-order valence-corrected chi connectivity index (χ0v) is 12.6. The zero-order chi connectivity index (χ0) is 13.2. The van der Waals surface area contributed by atoms with Crippen LogP contribution in [0, 0.1) is 0 Å². The summed E-state index contributed by atoms with van der Waals surface area (Å²) in [4.78, 5) is 2.00. The van der Waals surface area contributed by atoms with Gasteiger partial charge in [0.05, 0.1) is 5.60 Å². The first-order chi connectivity index (χ1) is 8.47. The van der Waals surface area contributed by atoms with Crippen LogP contribution < -0.4 is 0 Å². The van der Waals surface area contributed by atoms with E-state index in [9.17, 15) is 13.5 Å². The van der Waals surface area contributed by atoms with Gasteiger partial charge in [0.2, 0.25) is 0 Å². The Morgan fingerprint density at radius 3 is 2.67 bits per heavy atom. The average molecular weight is 293 g/mol. The Balaban J connectivity index is 2.08. The number of nitrogens with zero attached hydrogens (tertiary/aromatic N) is 1. The molecule has 4 nitrogen and oxygen atoms in total. The van der Waals surface area contributed by atoms with Crippen LogP contribution in [0.5, 0.6) is 0 Å². The smallest absolute Gasteiger partial charge is 0.166 e. The molecule has 6 heteroatoms. The molecule has 106 valence electrons. The highest BCUT2D eigenvalue weighted by Crippen LogP contribution is 2.32. The lowest BCUT2D eigenvalue weighted by Gasteiger charge is -2.38. The second-order valence-corrected chi connectivity index (χ2v) is 8.98. The molecule has 1 heterocycles. The Bertz CT molecular complexity index is 377. The molecule has 0 aromatic rings. The lowest BCUT2D eigenvalue weighted by molar-refractivity contribution is 0.00822. The summed E-state index contributed by atoms with van der Waals surface area (Å²) in [5.41, 5.74) is -0.649. The van der Waals surface area contributed by atoms with E-state index in [2.05, 4.69) is 0 Å². The maximum Gasteiger partial charge on any atom is 0.166 e. The number of thioether (sulfide) groups is 1. The van der Waals surface area contributed by atoms with Gasteiger partial charge in [-0.1, -0.05) is 19.8 Å². The Labute approximate surface area is 114 Å². The third-order valence-electron chi connectivity index (χ3n) is 4.04. The van der Waals surface area contributed by atoms with Gasteiger partial charge in [-0.3, -0.25) is 4.90 Å². The summed E-state index contributed by atoms with van der Waals surface area (Å²) < 4.78 is 24.2. The zero-order valence-electron chi connectivity index (χ0n) is 11.0. The Morgan fingerprint density at radius 1 is 1.39 bits per heavy atom. The minimum atomic E-state index is -3.04. The van der Waals surface area contributed by atoms with Gasteiger partial charge in [-0.05, 0) is 12.8 Å². The Kier molecular flexibility index (Phi) is 4.62. The minimum absolute atomic E-state index is 0.188. The molecule has 1 atom stereocenters. The summed E-state index contributed by atoms with van der Waals surface area (Å²) in [6.07, 6.45) is 3.75. The van der Waals surface area contributed by atoms with Gasteiger partial charge in [0.25, 0.3) is 0 Å². The standard InChI is InChI=1S/C12H23NO3S2/c1-2-18(15,16)11-9-17-8-7-13(11)10-12(14)5-3-4-6-12/h11,14H,2-10H2,1H3. The van der Waals surface area contributed by atoms with Gasteiger partial charge in [-0.2, -0.15) is 11.8 Å². The lowest BCUT2D eigenvalue weighted by atomic mass is 10.0. The highest BCUT2D eigenvalue weighted by atomic mass is 32.2. The van der Waals surface area contributed by atoms with Gasteiger partial charge in [0.15, 0.2) is 9.84 Å². The molecule has 0 radical (unpaired) electrons. The van der Waals surface area contributed by atoms with Crippen LogP contribution in [-0.4, -0.2) is 59.7 Å². The maximum absolute atomic E-state index is 12.1. The van der Waals surface area contributed by atoms with Crippen LogP contribution in [0.15, 0.2) is 0 Å². The van der Waals surface area contributed by atoms with Crippen LogP contribution in [0.3, 0.4) is 0 Å². The fourth-order valence-corrected chi connectivity index (χ4v) is 5.97. The molecule has 0 aromatic heterocycles. The molecule has 1 N–H and O–H groups in total. The monoisotopic (exact) mass is 293 g/mol. The number of hydrogen-bond donors (Lipinski definition) is 1. The van der Waals surface area contributed by atoms with E-state index < -0.39 is 20.8 Å². The first kappa shape index (κ1) is 14.6. The fraction of sp³-hybridized carbons (Fsp3) is 1.00. The van der Waals surface area contributed by atoms with E-state index in [4.69, 9.17) is 0 Å². The van der Waals surface area contributed by atoms with E-state index in [1.807, 2.05) is 4.90 Å². The van der Waals surface area contributed by atoms with Crippen molar-refractivity contribution < 1.29 is 13.5 Å². The van der Waals surface area contributed by atoms with Crippen molar-refractivity contribution in [3.05, 3.63) is 0 Å². The second kappa shape index (κ2) is 5.69. The summed E-state index contributed by atoms with van der Waals surface area (Å²) in [6, 6.07) is 0. The molecule has 1 aliphatic carbocycles. The molecule has 1 saturated carbocycles. The van der Waals surface area contributed by atoms with Gasteiger partial charge >= 0.3 is 0 Å². The number of aliphatic hydroxyl groups is 1. The summed E-state index contributed by atoms with van der Waals surface area (Å²) in [6.45, 7) is 3.01. The largest absolute Gasteiger partial charge is 0.389 e. The van der Waals surface area contributed by atoms with Crippen LogP contribution in [-0.2, 0) is 9.84 Å². The van der Waals surface area contributed by atoms with Crippen molar-refractivity contribution in [3.63, 3.8) is 0 Å². The molecule has 0 spiro atoms. The number of β-amino-alcohol motifs (C(OH)–C–C–N with tert-alkyl or cyclic N) is 1. The van der Waals surface area contributed by atoms with E-state index in [0.29, 0.717) is 12.3 Å². The van der Waals surface area contributed by atoms with Crippen LogP contribution in [0.25, 0.3) is 0 Å². The molecular formula is C12H23NO3S2. The van der Waals surface area contributed by atoms with Crippen molar-refractivity contribution in [3.8, 4) is 0 Å². The van der Waals surface area contributed by atoms with Crippen molar-refractivity contribution >= 4 is 21.6 Å². The maximum atomic E-state index is 12.1. The third kappa shape index (κ3) is 3.21. The van der Waals surface area contributed by atoms with E-state index in [-0.39, 0.29) is 5.75 Å². The molecule has 2 rings (SSSR count). The highest BCUT2D eigenvalue weighted by Gasteiger charge is 2.39. The van der Waals surface area contributed by atoms with Gasteiger partial charge < -0.3 is 5.11 Å². The lowest BCUT2D eigenvalue weighted by Crippen LogP contribution is -2.53. The molecule has 2 fully saturated rings. The summed E-state index contributed by atoms with van der Waals surface area (Å²) in [5, 5.41) is 10.1. The van der Waals surface area contributed by atoms with Crippen LogP contribution >= 0.6 is 11.8 Å². The summed E-state index contributed by atoms with van der Waals surface area (Å²) in [7, 11) is -3.04. The molecular weight excluding hydrogens is 270 g/mol.